The van der Waals surface area contributed by atoms with Crippen LogP contribution >= 0.6 is 0 Å². The quantitative estimate of drug-likeness (QED) is 0.565. The van der Waals surface area contributed by atoms with Crippen LogP contribution in [-0.2, 0) is 26.4 Å². The fraction of sp³-hybridized carbons (Fsp3) is 0.136. The van der Waals surface area contributed by atoms with E-state index < -0.39 is 25.8 Å². The van der Waals surface area contributed by atoms with E-state index in [-0.39, 0.29) is 21.0 Å². The van der Waals surface area contributed by atoms with Gasteiger partial charge in [0.2, 0.25) is 0 Å². The number of carbonyl (C=O) groups excluding carboxylic acids is 1. The van der Waals surface area contributed by atoms with Crippen LogP contribution in [0.2, 0.25) is 0 Å². The minimum atomic E-state index is -4.03. The second-order valence-electron chi connectivity index (χ2n) is 7.06. The van der Waals surface area contributed by atoms with E-state index >= 15 is 0 Å². The molecule has 0 radical (unpaired) electrons. The molecule has 0 saturated heterocycles. The summed E-state index contributed by atoms with van der Waals surface area (Å²) in [6.45, 7) is 2.27. The number of nitrogens with one attached hydrogen (secondary N) is 2. The van der Waals surface area contributed by atoms with E-state index in [1.807, 2.05) is 31.2 Å². The molecule has 0 aliphatic rings. The summed E-state index contributed by atoms with van der Waals surface area (Å²) in [7, 11) is -7.47. The molecule has 0 spiro atoms. The van der Waals surface area contributed by atoms with Gasteiger partial charge in [-0.15, -0.1) is 0 Å². The van der Waals surface area contributed by atoms with E-state index in [1.54, 1.807) is 12.1 Å². The van der Waals surface area contributed by atoms with Crippen LogP contribution in [0.1, 0.15) is 21.5 Å². The van der Waals surface area contributed by atoms with Crippen LogP contribution in [0.25, 0.3) is 0 Å². The summed E-state index contributed by atoms with van der Waals surface area (Å²) in [6, 6.07) is 18.8. The van der Waals surface area contributed by atoms with Gasteiger partial charge >= 0.3 is 0 Å². The Morgan fingerprint density at radius 2 is 1.39 bits per heavy atom. The van der Waals surface area contributed by atoms with E-state index in [2.05, 4.69) is 10.0 Å². The van der Waals surface area contributed by atoms with Crippen LogP contribution in [0, 0.1) is 6.92 Å². The number of carbonyl (C=O) groups is 1. The summed E-state index contributed by atoms with van der Waals surface area (Å²) < 4.78 is 51.1. The maximum atomic E-state index is 12.8. The van der Waals surface area contributed by atoms with Crippen molar-refractivity contribution >= 4 is 31.5 Å². The fourth-order valence-electron chi connectivity index (χ4n) is 2.82. The van der Waals surface area contributed by atoms with Crippen LogP contribution in [-0.4, -0.2) is 29.0 Å². The third kappa shape index (κ3) is 5.71. The highest BCUT2D eigenvalue weighted by Gasteiger charge is 2.19. The van der Waals surface area contributed by atoms with Crippen LogP contribution in [0.3, 0.4) is 0 Å². The zero-order valence-electron chi connectivity index (χ0n) is 17.0. The molecule has 1 amide bonds. The number of anilines is 1. The minimum Gasteiger partial charge on any atom is -0.348 e. The lowest BCUT2D eigenvalue weighted by molar-refractivity contribution is 0.0952. The van der Waals surface area contributed by atoms with Crippen LogP contribution in [0.15, 0.2) is 82.6 Å². The minimum absolute atomic E-state index is 0.0160. The number of hydrogen-bond acceptors (Lipinski definition) is 5. The highest BCUT2D eigenvalue weighted by Crippen LogP contribution is 2.21. The van der Waals surface area contributed by atoms with Gasteiger partial charge in [-0.05, 0) is 48.9 Å². The molecular formula is C22H22N2O5S2. The van der Waals surface area contributed by atoms with Crippen molar-refractivity contribution in [1.82, 2.24) is 5.32 Å². The molecule has 2 N–H and O–H groups in total. The van der Waals surface area contributed by atoms with Gasteiger partial charge in [0.25, 0.3) is 15.9 Å². The Balaban J connectivity index is 1.79. The molecule has 0 saturated carbocycles. The smallest absolute Gasteiger partial charge is 0.261 e. The first-order chi connectivity index (χ1) is 14.6. The first kappa shape index (κ1) is 22.5. The molecule has 31 heavy (non-hydrogen) atoms. The SMILES string of the molecule is Cc1ccc(CNC(=O)c2ccccc2NS(=O)(=O)c2ccc(S(C)(=O)=O)cc2)cc1. The summed E-state index contributed by atoms with van der Waals surface area (Å²) in [5.74, 6) is -0.425. The summed E-state index contributed by atoms with van der Waals surface area (Å²) >= 11 is 0. The number of sulfonamides is 1. The van der Waals surface area contributed by atoms with E-state index in [4.69, 9.17) is 0 Å². The molecule has 9 heteroatoms. The van der Waals surface area contributed by atoms with Crippen molar-refractivity contribution in [3.63, 3.8) is 0 Å². The number of sulfone groups is 1. The first-order valence-electron chi connectivity index (χ1n) is 9.32. The summed E-state index contributed by atoms with van der Waals surface area (Å²) in [5, 5.41) is 2.78. The predicted molar refractivity (Wildman–Crippen MR) is 119 cm³/mol. The second-order valence-corrected chi connectivity index (χ2v) is 10.8. The van der Waals surface area contributed by atoms with Crippen molar-refractivity contribution < 1.29 is 21.6 Å². The van der Waals surface area contributed by atoms with Gasteiger partial charge in [0, 0.05) is 12.8 Å². The van der Waals surface area contributed by atoms with Crippen LogP contribution in [0.4, 0.5) is 5.69 Å². The highest BCUT2D eigenvalue weighted by molar-refractivity contribution is 7.92. The molecule has 0 aromatic heterocycles. The zero-order chi connectivity index (χ0) is 22.6. The van der Waals surface area contributed by atoms with Gasteiger partial charge in [0.1, 0.15) is 0 Å². The normalized spacial score (nSPS) is 11.7. The van der Waals surface area contributed by atoms with E-state index in [1.165, 1.54) is 36.4 Å². The lowest BCUT2D eigenvalue weighted by Crippen LogP contribution is -2.25. The predicted octanol–water partition coefficient (Wildman–Crippen LogP) is 3.13. The number of amides is 1. The molecule has 3 aromatic carbocycles. The Morgan fingerprint density at radius 3 is 2.00 bits per heavy atom. The fourth-order valence-corrected chi connectivity index (χ4v) is 4.53. The van der Waals surface area contributed by atoms with Gasteiger partial charge in [0.15, 0.2) is 9.84 Å². The molecule has 162 valence electrons. The van der Waals surface area contributed by atoms with Crippen molar-refractivity contribution in [2.75, 3.05) is 11.0 Å². The lowest BCUT2D eigenvalue weighted by Gasteiger charge is -2.13. The second kappa shape index (κ2) is 8.91. The Hall–Kier alpha value is -3.17. The molecule has 0 heterocycles. The van der Waals surface area contributed by atoms with Crippen LogP contribution in [0.5, 0.6) is 0 Å². The van der Waals surface area contributed by atoms with Crippen molar-refractivity contribution in [3.05, 3.63) is 89.5 Å². The molecule has 0 aliphatic heterocycles. The van der Waals surface area contributed by atoms with Gasteiger partial charge in [0.05, 0.1) is 21.0 Å². The number of benzene rings is 3. The van der Waals surface area contributed by atoms with Gasteiger partial charge in [-0.2, -0.15) is 0 Å². The average Bonchev–Trinajstić information content (AvgIpc) is 2.73. The molecule has 0 unspecified atom stereocenters. The van der Waals surface area contributed by atoms with Crippen LogP contribution < -0.4 is 10.0 Å². The number of rotatable bonds is 7. The number of hydrogen-bond donors (Lipinski definition) is 2. The zero-order valence-corrected chi connectivity index (χ0v) is 18.6. The summed E-state index contributed by atoms with van der Waals surface area (Å²) in [5.41, 5.74) is 2.32. The third-order valence-corrected chi connectivity index (χ3v) is 7.06. The van der Waals surface area contributed by atoms with E-state index in [0.717, 1.165) is 17.4 Å². The molecule has 0 bridgehead atoms. The Labute approximate surface area is 182 Å². The molecule has 3 aromatic rings. The molecular weight excluding hydrogens is 436 g/mol. The Kier molecular flexibility index (Phi) is 6.47. The Morgan fingerprint density at radius 1 is 0.806 bits per heavy atom. The summed E-state index contributed by atoms with van der Waals surface area (Å²) in [4.78, 5) is 12.6. The van der Waals surface area contributed by atoms with Crippen molar-refractivity contribution in [2.24, 2.45) is 0 Å². The monoisotopic (exact) mass is 458 g/mol. The number of para-hydroxylation sites is 1. The van der Waals surface area contributed by atoms with Gasteiger partial charge in [-0.3, -0.25) is 9.52 Å². The molecule has 7 nitrogen and oxygen atoms in total. The van der Waals surface area contributed by atoms with Crippen molar-refractivity contribution in [3.8, 4) is 0 Å². The van der Waals surface area contributed by atoms with E-state index in [0.29, 0.717) is 6.54 Å². The van der Waals surface area contributed by atoms with Gasteiger partial charge in [-0.1, -0.05) is 42.0 Å². The average molecular weight is 459 g/mol. The van der Waals surface area contributed by atoms with Gasteiger partial charge in [-0.25, -0.2) is 16.8 Å². The molecule has 3 rings (SSSR count). The highest BCUT2D eigenvalue weighted by atomic mass is 32.2. The lowest BCUT2D eigenvalue weighted by atomic mass is 10.1. The third-order valence-electron chi connectivity index (χ3n) is 4.55. The largest absolute Gasteiger partial charge is 0.348 e. The molecule has 0 atom stereocenters. The Bertz CT molecular complexity index is 1300. The topological polar surface area (TPSA) is 109 Å². The van der Waals surface area contributed by atoms with Crippen molar-refractivity contribution in [2.45, 2.75) is 23.3 Å². The maximum absolute atomic E-state index is 12.8. The number of aryl methyl sites for hydroxylation is 1. The first-order valence-corrected chi connectivity index (χ1v) is 12.7. The molecule has 0 fully saturated rings. The molecule has 0 aliphatic carbocycles. The maximum Gasteiger partial charge on any atom is 0.261 e. The van der Waals surface area contributed by atoms with E-state index in [9.17, 15) is 21.6 Å². The standard InChI is InChI=1S/C22H22N2O5S2/c1-16-7-9-17(10-8-16)15-23-22(25)20-5-3-4-6-21(20)24-31(28,29)19-13-11-18(12-14-19)30(2,26)27/h3-14,24H,15H2,1-2H3,(H,23,25). The van der Waals surface area contributed by atoms with Crippen molar-refractivity contribution in [1.29, 1.82) is 0 Å². The summed E-state index contributed by atoms with van der Waals surface area (Å²) in [6.07, 6.45) is 1.04. The van der Waals surface area contributed by atoms with Gasteiger partial charge < -0.3 is 5.32 Å².